The Balaban J connectivity index is 2.61. The average Bonchev–Trinajstić information content (AvgIpc) is 2.59. The Labute approximate surface area is 83.0 Å². The van der Waals surface area contributed by atoms with Crippen molar-refractivity contribution in [3.05, 3.63) is 30.1 Å². The van der Waals surface area contributed by atoms with Crippen LogP contribution in [0.2, 0.25) is 0 Å². The molecular weight excluding hydrogens is 176 g/mol. The first-order chi connectivity index (χ1) is 6.72. The van der Waals surface area contributed by atoms with Crippen LogP contribution in [0, 0.1) is 6.92 Å². The number of nitrogens with zero attached hydrogens (tertiary/aromatic N) is 2. The molecule has 0 spiro atoms. The molecule has 1 aromatic carbocycles. The van der Waals surface area contributed by atoms with Gasteiger partial charge in [0.1, 0.15) is 0 Å². The topological polar surface area (TPSA) is 38.0 Å². The second-order valence-electron chi connectivity index (χ2n) is 3.68. The molecule has 3 heteroatoms. The summed E-state index contributed by atoms with van der Waals surface area (Å²) in [6, 6.07) is 6.23. The second-order valence-corrected chi connectivity index (χ2v) is 3.68. The molecule has 0 aliphatic rings. The second kappa shape index (κ2) is 3.42. The number of rotatable bonds is 2. The van der Waals surface area contributed by atoms with Crippen LogP contribution < -0.4 is 0 Å². The molecule has 0 aliphatic carbocycles. The summed E-state index contributed by atoms with van der Waals surface area (Å²) >= 11 is 0. The Kier molecular flexibility index (Phi) is 2.25. The van der Waals surface area contributed by atoms with Crippen LogP contribution in [0.15, 0.2) is 24.5 Å². The fraction of sp³-hybridized carbons (Fsp3) is 0.364. The van der Waals surface area contributed by atoms with E-state index < -0.39 is 0 Å². The maximum absolute atomic E-state index is 9.09. The van der Waals surface area contributed by atoms with Gasteiger partial charge in [-0.2, -0.15) is 0 Å². The van der Waals surface area contributed by atoms with Crippen LogP contribution in [0.1, 0.15) is 18.5 Å². The predicted molar refractivity (Wildman–Crippen MR) is 56.3 cm³/mol. The van der Waals surface area contributed by atoms with Gasteiger partial charge in [-0.25, -0.2) is 4.98 Å². The van der Waals surface area contributed by atoms with Gasteiger partial charge >= 0.3 is 0 Å². The number of fused-ring (bicyclic) bond motifs is 1. The van der Waals surface area contributed by atoms with Crippen molar-refractivity contribution in [2.24, 2.45) is 0 Å². The van der Waals surface area contributed by atoms with Crippen LogP contribution in [0.3, 0.4) is 0 Å². The molecule has 0 fully saturated rings. The zero-order valence-electron chi connectivity index (χ0n) is 8.44. The average molecular weight is 190 g/mol. The molecule has 0 amide bonds. The van der Waals surface area contributed by atoms with Crippen molar-refractivity contribution >= 4 is 11.0 Å². The molecule has 1 N–H and O–H groups in total. The van der Waals surface area contributed by atoms with Gasteiger partial charge in [0.2, 0.25) is 0 Å². The number of hydrogen-bond donors (Lipinski definition) is 1. The molecule has 0 bridgehead atoms. The van der Waals surface area contributed by atoms with Crippen LogP contribution in [0.5, 0.6) is 0 Å². The van der Waals surface area contributed by atoms with Crippen molar-refractivity contribution in [1.82, 2.24) is 9.55 Å². The van der Waals surface area contributed by atoms with Gasteiger partial charge in [-0.3, -0.25) is 0 Å². The minimum atomic E-state index is 0.0850. The third-order valence-electron chi connectivity index (χ3n) is 2.47. The van der Waals surface area contributed by atoms with Gasteiger partial charge in [-0.15, -0.1) is 0 Å². The highest BCUT2D eigenvalue weighted by molar-refractivity contribution is 5.76. The summed E-state index contributed by atoms with van der Waals surface area (Å²) in [6.45, 7) is 4.17. The molecule has 1 atom stereocenters. The lowest BCUT2D eigenvalue weighted by atomic mass is 10.2. The smallest absolute Gasteiger partial charge is 0.0961 e. The van der Waals surface area contributed by atoms with E-state index in [-0.39, 0.29) is 12.6 Å². The Hall–Kier alpha value is -1.35. The number of aromatic nitrogens is 2. The standard InChI is InChI=1S/C11H14N2O/c1-8-3-4-10-11(5-8)13(7-12-10)9(2)6-14/h3-5,7,9,14H,6H2,1-2H3/t9-/m0/s1. The molecule has 0 aliphatic heterocycles. The normalized spacial score (nSPS) is 13.4. The monoisotopic (exact) mass is 190 g/mol. The molecule has 14 heavy (non-hydrogen) atoms. The summed E-state index contributed by atoms with van der Waals surface area (Å²) in [4.78, 5) is 4.28. The quantitative estimate of drug-likeness (QED) is 0.785. The van der Waals surface area contributed by atoms with Crippen LogP contribution >= 0.6 is 0 Å². The summed E-state index contributed by atoms with van der Waals surface area (Å²) < 4.78 is 2.00. The predicted octanol–water partition coefficient (Wildman–Crippen LogP) is 1.90. The summed E-state index contributed by atoms with van der Waals surface area (Å²) in [5, 5.41) is 9.09. The van der Waals surface area contributed by atoms with E-state index in [1.54, 1.807) is 6.33 Å². The van der Waals surface area contributed by atoms with Crippen molar-refractivity contribution in [2.45, 2.75) is 19.9 Å². The van der Waals surface area contributed by atoms with E-state index in [4.69, 9.17) is 5.11 Å². The summed E-state index contributed by atoms with van der Waals surface area (Å²) in [6.07, 6.45) is 1.78. The minimum Gasteiger partial charge on any atom is -0.394 e. The molecule has 74 valence electrons. The first-order valence-corrected chi connectivity index (χ1v) is 4.76. The van der Waals surface area contributed by atoms with Crippen LogP contribution in [-0.4, -0.2) is 21.3 Å². The SMILES string of the molecule is Cc1ccc2ncn([C@@H](C)CO)c2c1. The van der Waals surface area contributed by atoms with Crippen LogP contribution in [0.25, 0.3) is 11.0 Å². The number of aryl methyl sites for hydroxylation is 1. The Morgan fingerprint density at radius 1 is 1.50 bits per heavy atom. The molecular formula is C11H14N2O. The first kappa shape index (κ1) is 9.21. The van der Waals surface area contributed by atoms with Crippen molar-refractivity contribution in [3.63, 3.8) is 0 Å². The maximum atomic E-state index is 9.09. The Bertz CT molecular complexity index is 447. The van der Waals surface area contributed by atoms with Gasteiger partial charge in [-0.05, 0) is 31.5 Å². The highest BCUT2D eigenvalue weighted by atomic mass is 16.3. The van der Waals surface area contributed by atoms with E-state index in [1.807, 2.05) is 23.6 Å². The fourth-order valence-corrected chi connectivity index (χ4v) is 1.58. The van der Waals surface area contributed by atoms with Crippen LogP contribution in [0.4, 0.5) is 0 Å². The van der Waals surface area contributed by atoms with Gasteiger partial charge in [-0.1, -0.05) is 6.07 Å². The van der Waals surface area contributed by atoms with E-state index in [2.05, 4.69) is 18.0 Å². The number of aliphatic hydroxyl groups excluding tert-OH is 1. The lowest BCUT2D eigenvalue weighted by molar-refractivity contribution is 0.241. The van der Waals surface area contributed by atoms with Crippen molar-refractivity contribution in [2.75, 3.05) is 6.61 Å². The maximum Gasteiger partial charge on any atom is 0.0961 e. The Morgan fingerprint density at radius 2 is 2.29 bits per heavy atom. The van der Waals surface area contributed by atoms with Gasteiger partial charge in [0.15, 0.2) is 0 Å². The van der Waals surface area contributed by atoms with E-state index >= 15 is 0 Å². The highest BCUT2D eigenvalue weighted by Crippen LogP contribution is 2.18. The first-order valence-electron chi connectivity index (χ1n) is 4.76. The van der Waals surface area contributed by atoms with Gasteiger partial charge in [0.05, 0.1) is 30.0 Å². The molecule has 3 nitrogen and oxygen atoms in total. The Morgan fingerprint density at radius 3 is 3.00 bits per heavy atom. The highest BCUT2D eigenvalue weighted by Gasteiger charge is 2.07. The molecule has 2 rings (SSSR count). The lowest BCUT2D eigenvalue weighted by Gasteiger charge is -2.10. The summed E-state index contributed by atoms with van der Waals surface area (Å²) in [5.41, 5.74) is 3.28. The number of hydrogen-bond acceptors (Lipinski definition) is 2. The van der Waals surface area contributed by atoms with E-state index in [0.29, 0.717) is 0 Å². The fourth-order valence-electron chi connectivity index (χ4n) is 1.58. The minimum absolute atomic E-state index is 0.0850. The van der Waals surface area contributed by atoms with Gasteiger partial charge < -0.3 is 9.67 Å². The van der Waals surface area contributed by atoms with Gasteiger partial charge in [0, 0.05) is 0 Å². The largest absolute Gasteiger partial charge is 0.394 e. The van der Waals surface area contributed by atoms with Crippen LogP contribution in [-0.2, 0) is 0 Å². The van der Waals surface area contributed by atoms with Gasteiger partial charge in [0.25, 0.3) is 0 Å². The van der Waals surface area contributed by atoms with E-state index in [1.165, 1.54) is 5.56 Å². The summed E-state index contributed by atoms with van der Waals surface area (Å²) in [7, 11) is 0. The molecule has 1 heterocycles. The zero-order valence-corrected chi connectivity index (χ0v) is 8.44. The number of benzene rings is 1. The molecule has 0 unspecified atom stereocenters. The molecule has 0 saturated heterocycles. The molecule has 2 aromatic rings. The third-order valence-corrected chi connectivity index (χ3v) is 2.47. The van der Waals surface area contributed by atoms with Crippen molar-refractivity contribution in [1.29, 1.82) is 0 Å². The van der Waals surface area contributed by atoms with Crippen molar-refractivity contribution in [3.8, 4) is 0 Å². The molecule has 1 aromatic heterocycles. The molecule has 0 saturated carbocycles. The van der Waals surface area contributed by atoms with E-state index in [0.717, 1.165) is 11.0 Å². The summed E-state index contributed by atoms with van der Waals surface area (Å²) in [5.74, 6) is 0. The third kappa shape index (κ3) is 1.40. The number of imidazole rings is 1. The number of aliphatic hydroxyl groups is 1. The molecule has 0 radical (unpaired) electrons. The zero-order chi connectivity index (χ0) is 10.1. The lowest BCUT2D eigenvalue weighted by Crippen LogP contribution is -2.07. The van der Waals surface area contributed by atoms with Crippen molar-refractivity contribution < 1.29 is 5.11 Å². The van der Waals surface area contributed by atoms with E-state index in [9.17, 15) is 0 Å².